The smallest absolute Gasteiger partial charge is 0.298 e. The normalized spacial score (nSPS) is 16.9. The first-order valence-corrected chi connectivity index (χ1v) is 7.03. The summed E-state index contributed by atoms with van der Waals surface area (Å²) >= 11 is 5.77. The van der Waals surface area contributed by atoms with Crippen LogP contribution in [-0.4, -0.2) is 28.6 Å². The number of nitrogens with zero attached hydrogens (tertiary/aromatic N) is 2. The van der Waals surface area contributed by atoms with Gasteiger partial charge >= 0.3 is 0 Å². The number of aromatic nitrogens is 2. The fourth-order valence-corrected chi connectivity index (χ4v) is 2.60. The van der Waals surface area contributed by atoms with Crippen molar-refractivity contribution in [2.75, 3.05) is 7.11 Å². The number of nitrogens with one attached hydrogen (secondary N) is 1. The van der Waals surface area contributed by atoms with Crippen molar-refractivity contribution in [3.63, 3.8) is 0 Å². The van der Waals surface area contributed by atoms with Crippen LogP contribution in [0.4, 0.5) is 0 Å². The molecule has 0 radical (unpaired) electrons. The van der Waals surface area contributed by atoms with Crippen molar-refractivity contribution >= 4 is 17.5 Å². The molecule has 0 aromatic carbocycles. The number of methoxy groups -OCH3 is 1. The van der Waals surface area contributed by atoms with Crippen molar-refractivity contribution in [3.8, 4) is 5.75 Å². The van der Waals surface area contributed by atoms with E-state index in [-0.39, 0.29) is 22.9 Å². The van der Waals surface area contributed by atoms with Gasteiger partial charge in [0.25, 0.3) is 5.56 Å². The van der Waals surface area contributed by atoms with E-state index in [4.69, 9.17) is 16.3 Å². The van der Waals surface area contributed by atoms with E-state index < -0.39 is 11.6 Å². The molecule has 20 heavy (non-hydrogen) atoms. The molecule has 7 heteroatoms. The number of rotatable bonds is 4. The van der Waals surface area contributed by atoms with E-state index in [0.717, 1.165) is 25.7 Å². The Labute approximate surface area is 122 Å². The van der Waals surface area contributed by atoms with Crippen LogP contribution in [0.15, 0.2) is 11.1 Å². The van der Waals surface area contributed by atoms with Crippen LogP contribution in [0.25, 0.3) is 0 Å². The molecule has 1 aromatic heterocycles. The quantitative estimate of drug-likeness (QED) is 0.856. The van der Waals surface area contributed by atoms with Crippen LogP contribution >= 0.6 is 11.6 Å². The molecule has 1 fully saturated rings. The molecule has 1 amide bonds. The van der Waals surface area contributed by atoms with Gasteiger partial charge in [0.2, 0.25) is 11.7 Å². The lowest BCUT2D eigenvalue weighted by Crippen LogP contribution is -2.40. The third kappa shape index (κ3) is 2.95. The Morgan fingerprint density at radius 2 is 2.20 bits per heavy atom. The van der Waals surface area contributed by atoms with Crippen LogP contribution in [0.5, 0.6) is 5.75 Å². The maximum atomic E-state index is 12.2. The molecule has 1 atom stereocenters. The molecule has 2 rings (SSSR count). The molecule has 1 aliphatic rings. The van der Waals surface area contributed by atoms with Crippen LogP contribution in [0.3, 0.4) is 0 Å². The van der Waals surface area contributed by atoms with Crippen LogP contribution in [0, 0.1) is 0 Å². The van der Waals surface area contributed by atoms with Gasteiger partial charge in [-0.25, -0.2) is 4.98 Å². The number of hydrogen-bond donors (Lipinski definition) is 1. The van der Waals surface area contributed by atoms with Crippen molar-refractivity contribution in [1.29, 1.82) is 0 Å². The molecule has 1 saturated carbocycles. The van der Waals surface area contributed by atoms with Crippen molar-refractivity contribution in [2.45, 2.75) is 44.7 Å². The minimum atomic E-state index is -0.651. The van der Waals surface area contributed by atoms with E-state index in [1.165, 1.54) is 18.0 Å². The molecule has 1 aromatic rings. The Kier molecular flexibility index (Phi) is 4.65. The highest BCUT2D eigenvalue weighted by atomic mass is 35.5. The minimum absolute atomic E-state index is 0.00264. The highest BCUT2D eigenvalue weighted by Crippen LogP contribution is 2.19. The third-order valence-electron chi connectivity index (χ3n) is 3.61. The van der Waals surface area contributed by atoms with Gasteiger partial charge in [0.15, 0.2) is 5.15 Å². The molecule has 1 N–H and O–H groups in total. The lowest BCUT2D eigenvalue weighted by Gasteiger charge is -2.18. The fraction of sp³-hybridized carbons (Fsp3) is 0.615. The monoisotopic (exact) mass is 299 g/mol. The summed E-state index contributed by atoms with van der Waals surface area (Å²) in [6.45, 7) is 1.65. The van der Waals surface area contributed by atoms with Crippen LogP contribution in [-0.2, 0) is 4.79 Å². The SMILES string of the molecule is COc1c(Cl)ncn(C(C)C(=O)NC2CCCC2)c1=O. The first kappa shape index (κ1) is 14.8. The predicted octanol–water partition coefficient (Wildman–Crippen LogP) is 1.53. The van der Waals surface area contributed by atoms with Crippen molar-refractivity contribution in [3.05, 3.63) is 21.8 Å². The topological polar surface area (TPSA) is 73.2 Å². The van der Waals surface area contributed by atoms with Gasteiger partial charge in [-0.1, -0.05) is 24.4 Å². The molecule has 0 aliphatic heterocycles. The fourth-order valence-electron chi connectivity index (χ4n) is 2.40. The minimum Gasteiger partial charge on any atom is -0.489 e. The maximum Gasteiger partial charge on any atom is 0.298 e. The first-order valence-electron chi connectivity index (χ1n) is 6.65. The second-order valence-corrected chi connectivity index (χ2v) is 5.31. The summed E-state index contributed by atoms with van der Waals surface area (Å²) in [5.41, 5.74) is -0.457. The number of hydrogen-bond acceptors (Lipinski definition) is 4. The van der Waals surface area contributed by atoms with Gasteiger partial charge in [0.1, 0.15) is 12.4 Å². The summed E-state index contributed by atoms with van der Waals surface area (Å²) in [6, 6.07) is -0.440. The molecule has 1 unspecified atom stereocenters. The second kappa shape index (κ2) is 6.26. The number of amides is 1. The van der Waals surface area contributed by atoms with E-state index in [9.17, 15) is 9.59 Å². The number of ether oxygens (including phenoxy) is 1. The van der Waals surface area contributed by atoms with Gasteiger partial charge in [-0.05, 0) is 19.8 Å². The van der Waals surface area contributed by atoms with Crippen molar-refractivity contribution in [2.24, 2.45) is 0 Å². The maximum absolute atomic E-state index is 12.2. The molecule has 0 bridgehead atoms. The highest BCUT2D eigenvalue weighted by molar-refractivity contribution is 6.30. The Bertz CT molecular complexity index is 552. The van der Waals surface area contributed by atoms with E-state index >= 15 is 0 Å². The van der Waals surface area contributed by atoms with Crippen LogP contribution in [0.1, 0.15) is 38.6 Å². The Balaban J connectivity index is 2.18. The molecular formula is C13H18ClN3O3. The average Bonchev–Trinajstić information content (AvgIpc) is 2.91. The summed E-state index contributed by atoms with van der Waals surface area (Å²) < 4.78 is 6.15. The molecule has 6 nitrogen and oxygen atoms in total. The average molecular weight is 300 g/mol. The van der Waals surface area contributed by atoms with E-state index in [0.29, 0.717) is 0 Å². The number of carbonyl (C=O) groups is 1. The molecule has 1 aliphatic carbocycles. The Hall–Kier alpha value is -1.56. The van der Waals surface area contributed by atoms with Crippen LogP contribution in [0.2, 0.25) is 5.15 Å². The van der Waals surface area contributed by atoms with Gasteiger partial charge < -0.3 is 10.1 Å². The second-order valence-electron chi connectivity index (χ2n) is 4.95. The van der Waals surface area contributed by atoms with Gasteiger partial charge in [0, 0.05) is 6.04 Å². The zero-order chi connectivity index (χ0) is 14.7. The zero-order valence-electron chi connectivity index (χ0n) is 11.6. The lowest BCUT2D eigenvalue weighted by atomic mass is 10.2. The zero-order valence-corrected chi connectivity index (χ0v) is 12.3. The summed E-state index contributed by atoms with van der Waals surface area (Å²) in [6.07, 6.45) is 5.53. The van der Waals surface area contributed by atoms with Gasteiger partial charge in [-0.3, -0.25) is 14.2 Å². The largest absolute Gasteiger partial charge is 0.489 e. The Morgan fingerprint density at radius 1 is 1.55 bits per heavy atom. The molecule has 0 spiro atoms. The van der Waals surface area contributed by atoms with Gasteiger partial charge in [0.05, 0.1) is 7.11 Å². The van der Waals surface area contributed by atoms with E-state index in [2.05, 4.69) is 10.3 Å². The molecule has 110 valence electrons. The van der Waals surface area contributed by atoms with E-state index in [1.807, 2.05) is 0 Å². The summed E-state index contributed by atoms with van der Waals surface area (Å²) in [5.74, 6) is -0.236. The Morgan fingerprint density at radius 3 is 2.80 bits per heavy atom. The summed E-state index contributed by atoms with van der Waals surface area (Å²) in [5, 5.41) is 2.95. The van der Waals surface area contributed by atoms with Crippen molar-refractivity contribution < 1.29 is 9.53 Å². The predicted molar refractivity (Wildman–Crippen MR) is 75.2 cm³/mol. The number of carbonyl (C=O) groups excluding carboxylic acids is 1. The first-order chi connectivity index (χ1) is 9.54. The van der Waals surface area contributed by atoms with Gasteiger partial charge in [-0.2, -0.15) is 0 Å². The lowest BCUT2D eigenvalue weighted by molar-refractivity contribution is -0.124. The molecular weight excluding hydrogens is 282 g/mol. The van der Waals surface area contributed by atoms with E-state index in [1.54, 1.807) is 6.92 Å². The standard InChI is InChI=1S/C13H18ClN3O3/c1-8(12(18)16-9-5-3-4-6-9)17-7-15-11(14)10(20-2)13(17)19/h7-9H,3-6H2,1-2H3,(H,16,18). The third-order valence-corrected chi connectivity index (χ3v) is 3.88. The van der Waals surface area contributed by atoms with Crippen LogP contribution < -0.4 is 15.6 Å². The molecule has 0 saturated heterocycles. The molecule has 1 heterocycles. The van der Waals surface area contributed by atoms with Crippen molar-refractivity contribution in [1.82, 2.24) is 14.9 Å². The number of halogens is 1. The summed E-state index contributed by atoms with van der Waals surface area (Å²) in [4.78, 5) is 28.2. The van der Waals surface area contributed by atoms with Gasteiger partial charge in [-0.15, -0.1) is 0 Å². The highest BCUT2D eigenvalue weighted by Gasteiger charge is 2.23. The summed E-state index contributed by atoms with van der Waals surface area (Å²) in [7, 11) is 1.35.